The van der Waals surface area contributed by atoms with Crippen LogP contribution in [0.3, 0.4) is 0 Å². The van der Waals surface area contributed by atoms with Crippen LogP contribution in [-0.2, 0) is 17.1 Å². The molecule has 0 aliphatic carbocycles. The van der Waals surface area contributed by atoms with Gasteiger partial charge in [0.05, 0.1) is 11.4 Å². The maximum atomic E-state index is 13.8. The molecule has 0 saturated carbocycles. The van der Waals surface area contributed by atoms with Crippen LogP contribution in [0.5, 0.6) is 11.6 Å². The van der Waals surface area contributed by atoms with Gasteiger partial charge in [0.15, 0.2) is 0 Å². The number of nitrogens with zero attached hydrogens (tertiary/aromatic N) is 2. The van der Waals surface area contributed by atoms with Gasteiger partial charge in [-0.25, -0.2) is 18.7 Å². The Morgan fingerprint density at radius 1 is 0.971 bits per heavy atom. The molecule has 8 heteroatoms. The molecular formula is C27H22ClF2N3O2. The van der Waals surface area contributed by atoms with Crippen molar-refractivity contribution in [3.05, 3.63) is 101 Å². The summed E-state index contributed by atoms with van der Waals surface area (Å²) in [5, 5.41) is 3.27. The largest absolute Gasteiger partial charge is 0.435 e. The molecule has 4 aromatic rings. The van der Waals surface area contributed by atoms with Crippen molar-refractivity contribution >= 4 is 23.2 Å². The Bertz CT molecular complexity index is 1310. The van der Waals surface area contributed by atoms with E-state index in [2.05, 4.69) is 15.3 Å². The van der Waals surface area contributed by atoms with Gasteiger partial charge in [-0.05, 0) is 29.8 Å². The Labute approximate surface area is 206 Å². The minimum absolute atomic E-state index is 0.0540. The number of hydrogen-bond acceptors (Lipinski definition) is 4. The predicted octanol–water partition coefficient (Wildman–Crippen LogP) is 7.27. The molecule has 0 spiro atoms. The first-order valence-corrected chi connectivity index (χ1v) is 11.3. The molecule has 1 N–H and O–H groups in total. The average Bonchev–Trinajstić information content (AvgIpc) is 2.86. The molecule has 5 nitrogen and oxygen atoms in total. The highest BCUT2D eigenvalue weighted by molar-refractivity contribution is 6.32. The summed E-state index contributed by atoms with van der Waals surface area (Å²) in [7, 11) is 0. The van der Waals surface area contributed by atoms with Crippen molar-refractivity contribution in [3.8, 4) is 22.9 Å². The van der Waals surface area contributed by atoms with Crippen LogP contribution in [0, 0.1) is 0 Å². The molecule has 0 aliphatic rings. The van der Waals surface area contributed by atoms with E-state index in [-0.39, 0.29) is 24.3 Å². The first kappa shape index (κ1) is 24.3. The summed E-state index contributed by atoms with van der Waals surface area (Å²) in [4.78, 5) is 21.1. The average molecular weight is 494 g/mol. The van der Waals surface area contributed by atoms with Crippen molar-refractivity contribution in [1.82, 2.24) is 9.97 Å². The SMILES string of the molecule is CCC(F)(F)c1ccc(CC(=O)Nc2ccc(-c3nccnc3Oc3ccccc3Cl)cc2)cc1. The van der Waals surface area contributed by atoms with Crippen LogP contribution in [0.15, 0.2) is 85.2 Å². The van der Waals surface area contributed by atoms with E-state index in [1.54, 1.807) is 60.8 Å². The van der Waals surface area contributed by atoms with Gasteiger partial charge >= 0.3 is 0 Å². The summed E-state index contributed by atoms with van der Waals surface area (Å²) in [5.74, 6) is -2.36. The van der Waals surface area contributed by atoms with Crippen LogP contribution in [-0.4, -0.2) is 15.9 Å². The van der Waals surface area contributed by atoms with E-state index in [0.29, 0.717) is 33.6 Å². The number of carbonyl (C=O) groups excluding carboxylic acids is 1. The van der Waals surface area contributed by atoms with Gasteiger partial charge in [0.2, 0.25) is 11.8 Å². The summed E-state index contributed by atoms with van der Waals surface area (Å²) < 4.78 is 33.4. The molecule has 0 fully saturated rings. The topological polar surface area (TPSA) is 64.1 Å². The third kappa shape index (κ3) is 6.00. The van der Waals surface area contributed by atoms with Crippen LogP contribution < -0.4 is 10.1 Å². The number of hydrogen-bond donors (Lipinski definition) is 1. The monoisotopic (exact) mass is 493 g/mol. The first-order valence-electron chi connectivity index (χ1n) is 11.0. The third-order valence-electron chi connectivity index (χ3n) is 5.34. The molecule has 4 rings (SSSR count). The van der Waals surface area contributed by atoms with Crippen LogP contribution in [0.2, 0.25) is 5.02 Å². The number of para-hydroxylation sites is 1. The molecule has 0 bridgehead atoms. The number of benzene rings is 3. The molecule has 0 unspecified atom stereocenters. The molecule has 0 radical (unpaired) electrons. The number of halogens is 3. The van der Waals surface area contributed by atoms with E-state index in [0.717, 1.165) is 5.56 Å². The first-order chi connectivity index (χ1) is 16.9. The summed E-state index contributed by atoms with van der Waals surface area (Å²) in [6.07, 6.45) is 2.89. The van der Waals surface area contributed by atoms with Crippen molar-refractivity contribution < 1.29 is 18.3 Å². The Morgan fingerprint density at radius 2 is 1.66 bits per heavy atom. The zero-order valence-electron chi connectivity index (χ0n) is 18.8. The predicted molar refractivity (Wildman–Crippen MR) is 132 cm³/mol. The fraction of sp³-hybridized carbons (Fsp3) is 0.148. The van der Waals surface area contributed by atoms with Gasteiger partial charge < -0.3 is 10.1 Å². The molecule has 1 amide bonds. The minimum Gasteiger partial charge on any atom is -0.435 e. The van der Waals surface area contributed by atoms with Gasteiger partial charge in [-0.2, -0.15) is 0 Å². The van der Waals surface area contributed by atoms with Crippen LogP contribution in [0.4, 0.5) is 14.5 Å². The minimum atomic E-state index is -2.87. The summed E-state index contributed by atoms with van der Waals surface area (Å²) in [5.41, 5.74) is 2.45. The Balaban J connectivity index is 1.43. The number of anilines is 1. The normalized spacial score (nSPS) is 11.2. The van der Waals surface area contributed by atoms with Gasteiger partial charge in [0, 0.05) is 35.6 Å². The van der Waals surface area contributed by atoms with E-state index in [4.69, 9.17) is 16.3 Å². The number of rotatable bonds is 8. The van der Waals surface area contributed by atoms with Gasteiger partial charge in [-0.3, -0.25) is 4.79 Å². The van der Waals surface area contributed by atoms with Gasteiger partial charge in [0.25, 0.3) is 5.92 Å². The number of alkyl halides is 2. The highest BCUT2D eigenvalue weighted by Crippen LogP contribution is 2.34. The van der Waals surface area contributed by atoms with Crippen LogP contribution in [0.25, 0.3) is 11.3 Å². The second-order valence-electron chi connectivity index (χ2n) is 7.80. The van der Waals surface area contributed by atoms with Crippen LogP contribution >= 0.6 is 11.6 Å². The lowest BCUT2D eigenvalue weighted by Crippen LogP contribution is -2.15. The lowest BCUT2D eigenvalue weighted by Gasteiger charge is -2.14. The molecule has 178 valence electrons. The maximum absolute atomic E-state index is 13.8. The van der Waals surface area contributed by atoms with Crippen molar-refractivity contribution in [2.45, 2.75) is 25.7 Å². The van der Waals surface area contributed by atoms with E-state index in [9.17, 15) is 13.6 Å². The third-order valence-corrected chi connectivity index (χ3v) is 5.65. The lowest BCUT2D eigenvalue weighted by molar-refractivity contribution is -0.115. The molecule has 1 aromatic heterocycles. The fourth-order valence-electron chi connectivity index (χ4n) is 3.40. The van der Waals surface area contributed by atoms with Gasteiger partial charge in [0.1, 0.15) is 11.4 Å². The zero-order valence-corrected chi connectivity index (χ0v) is 19.6. The molecule has 0 saturated heterocycles. The zero-order chi connectivity index (χ0) is 24.8. The highest BCUT2D eigenvalue weighted by atomic mass is 35.5. The van der Waals surface area contributed by atoms with Gasteiger partial charge in [-0.1, -0.05) is 67.1 Å². The van der Waals surface area contributed by atoms with E-state index >= 15 is 0 Å². The second kappa shape index (κ2) is 10.6. The molecule has 0 aliphatic heterocycles. The van der Waals surface area contributed by atoms with Crippen LogP contribution in [0.1, 0.15) is 24.5 Å². The van der Waals surface area contributed by atoms with Crippen molar-refractivity contribution in [1.29, 1.82) is 0 Å². The van der Waals surface area contributed by atoms with Crippen molar-refractivity contribution in [2.75, 3.05) is 5.32 Å². The maximum Gasteiger partial charge on any atom is 0.273 e. The number of carbonyl (C=O) groups is 1. The lowest BCUT2D eigenvalue weighted by atomic mass is 10.0. The molecule has 3 aromatic carbocycles. The number of nitrogens with one attached hydrogen (secondary N) is 1. The van der Waals surface area contributed by atoms with E-state index < -0.39 is 5.92 Å². The molecular weight excluding hydrogens is 472 g/mol. The smallest absolute Gasteiger partial charge is 0.273 e. The fourth-order valence-corrected chi connectivity index (χ4v) is 3.58. The second-order valence-corrected chi connectivity index (χ2v) is 8.21. The van der Waals surface area contributed by atoms with Gasteiger partial charge in [-0.15, -0.1) is 0 Å². The number of ether oxygens (including phenoxy) is 1. The number of aromatic nitrogens is 2. The Kier molecular flexibility index (Phi) is 7.36. The number of amides is 1. The summed E-state index contributed by atoms with van der Waals surface area (Å²) >= 11 is 6.19. The van der Waals surface area contributed by atoms with E-state index in [1.807, 2.05) is 6.07 Å². The summed E-state index contributed by atoms with van der Waals surface area (Å²) in [6.45, 7) is 1.43. The van der Waals surface area contributed by atoms with Crippen molar-refractivity contribution in [2.24, 2.45) is 0 Å². The highest BCUT2D eigenvalue weighted by Gasteiger charge is 2.28. The van der Waals surface area contributed by atoms with Crippen molar-refractivity contribution in [3.63, 3.8) is 0 Å². The van der Waals surface area contributed by atoms with E-state index in [1.165, 1.54) is 25.3 Å². The molecule has 0 atom stereocenters. The Hall–Kier alpha value is -3.84. The summed E-state index contributed by atoms with van der Waals surface area (Å²) in [6, 6.07) is 20.0. The standard InChI is InChI=1S/C27H22ClF2N3O2/c1-2-27(29,30)20-11-7-18(8-12-20)17-24(34)33-21-13-9-19(10-14-21)25-26(32-16-15-31-25)35-23-6-4-3-5-22(23)28/h3-16H,2,17H2,1H3,(H,33,34). The quantitative estimate of drug-likeness (QED) is 0.280. The molecule has 35 heavy (non-hydrogen) atoms. The molecule has 1 heterocycles. The Morgan fingerprint density at radius 3 is 2.34 bits per heavy atom.